The highest BCUT2D eigenvalue weighted by Crippen LogP contribution is 2.08. The molecule has 0 aliphatic heterocycles. The molecule has 34 heavy (non-hydrogen) atoms. The van der Waals surface area contributed by atoms with Gasteiger partial charge in [-0.3, -0.25) is 14.4 Å². The van der Waals surface area contributed by atoms with Gasteiger partial charge in [-0.15, -0.1) is 0 Å². The number of hydrogen-bond acceptors (Lipinski definition) is 6. The summed E-state index contributed by atoms with van der Waals surface area (Å²) < 4.78 is 0. The first kappa shape index (κ1) is 29.1. The van der Waals surface area contributed by atoms with E-state index in [4.69, 9.17) is 5.73 Å². The summed E-state index contributed by atoms with van der Waals surface area (Å²) in [6.45, 7) is 6.86. The SMILES string of the molecule is CC(C)CC(N)C(=O)NC(CC(C)C)C(=O)NC(CO)C(=O)NC(Cc1ccccc1)C(=O)O. The van der Waals surface area contributed by atoms with Gasteiger partial charge in [-0.2, -0.15) is 0 Å². The molecule has 190 valence electrons. The van der Waals surface area contributed by atoms with Crippen molar-refractivity contribution < 1.29 is 29.4 Å². The van der Waals surface area contributed by atoms with Crippen molar-refractivity contribution in [3.05, 3.63) is 35.9 Å². The Bertz CT molecular complexity index is 815. The number of nitrogens with two attached hydrogens (primary N) is 1. The van der Waals surface area contributed by atoms with E-state index < -0.39 is 54.5 Å². The van der Waals surface area contributed by atoms with Gasteiger partial charge in [-0.1, -0.05) is 58.0 Å². The van der Waals surface area contributed by atoms with E-state index in [1.165, 1.54) is 0 Å². The van der Waals surface area contributed by atoms with E-state index in [-0.39, 0.29) is 24.7 Å². The Morgan fingerprint density at radius 3 is 1.79 bits per heavy atom. The smallest absolute Gasteiger partial charge is 0.326 e. The number of carbonyl (C=O) groups is 4. The maximum atomic E-state index is 12.9. The molecule has 0 fully saturated rings. The third-order valence-corrected chi connectivity index (χ3v) is 5.11. The van der Waals surface area contributed by atoms with Crippen LogP contribution in [0.1, 0.15) is 46.1 Å². The topological polar surface area (TPSA) is 171 Å². The summed E-state index contributed by atoms with van der Waals surface area (Å²) >= 11 is 0. The number of benzene rings is 1. The molecular weight excluding hydrogens is 440 g/mol. The lowest BCUT2D eigenvalue weighted by molar-refractivity contribution is -0.142. The Balaban J connectivity index is 2.86. The van der Waals surface area contributed by atoms with Crippen LogP contribution in [0.25, 0.3) is 0 Å². The molecule has 0 heterocycles. The molecule has 0 radical (unpaired) electrons. The van der Waals surface area contributed by atoms with Crippen molar-refractivity contribution >= 4 is 23.7 Å². The monoisotopic (exact) mass is 478 g/mol. The molecule has 1 aromatic rings. The molecule has 10 nitrogen and oxygen atoms in total. The fraction of sp³-hybridized carbons (Fsp3) is 0.583. The molecular formula is C24H38N4O6. The molecule has 0 aliphatic carbocycles. The number of carboxylic acid groups (broad SMARTS) is 1. The van der Waals surface area contributed by atoms with Gasteiger partial charge in [0.15, 0.2) is 0 Å². The first-order valence-electron chi connectivity index (χ1n) is 11.5. The number of hydrogen-bond donors (Lipinski definition) is 6. The zero-order valence-electron chi connectivity index (χ0n) is 20.3. The van der Waals surface area contributed by atoms with Crippen LogP contribution in [-0.4, -0.2) is 64.7 Å². The Labute approximate surface area is 200 Å². The van der Waals surface area contributed by atoms with E-state index in [0.717, 1.165) is 0 Å². The Kier molecular flexibility index (Phi) is 12.2. The molecule has 1 rings (SSSR count). The first-order valence-corrected chi connectivity index (χ1v) is 11.5. The van der Waals surface area contributed by atoms with Gasteiger partial charge in [0.05, 0.1) is 12.6 Å². The van der Waals surface area contributed by atoms with Crippen molar-refractivity contribution in [2.75, 3.05) is 6.61 Å². The lowest BCUT2D eigenvalue weighted by atomic mass is 10.0. The lowest BCUT2D eigenvalue weighted by Gasteiger charge is -2.25. The van der Waals surface area contributed by atoms with Crippen molar-refractivity contribution in [2.24, 2.45) is 17.6 Å². The standard InChI is InChI=1S/C24H38N4O6/c1-14(2)10-17(25)21(30)26-18(11-15(3)4)22(31)28-20(13-29)23(32)27-19(24(33)34)12-16-8-6-5-7-9-16/h5-9,14-15,17-20,29H,10-13,25H2,1-4H3,(H,26,30)(H,27,32)(H,28,31)(H,33,34). The van der Waals surface area contributed by atoms with Gasteiger partial charge < -0.3 is 31.9 Å². The minimum atomic E-state index is -1.39. The Morgan fingerprint density at radius 2 is 1.29 bits per heavy atom. The van der Waals surface area contributed by atoms with Crippen LogP contribution in [-0.2, 0) is 25.6 Å². The molecule has 0 aromatic heterocycles. The average Bonchev–Trinajstić information content (AvgIpc) is 2.75. The van der Waals surface area contributed by atoms with Gasteiger partial charge in [0, 0.05) is 6.42 Å². The van der Waals surface area contributed by atoms with E-state index in [1.54, 1.807) is 30.3 Å². The maximum absolute atomic E-state index is 12.9. The summed E-state index contributed by atoms with van der Waals surface area (Å²) in [5.74, 6) is -2.99. The van der Waals surface area contributed by atoms with Gasteiger partial charge in [0.1, 0.15) is 18.1 Å². The predicted molar refractivity (Wildman–Crippen MR) is 128 cm³/mol. The number of rotatable bonds is 14. The fourth-order valence-corrected chi connectivity index (χ4v) is 3.39. The minimum absolute atomic E-state index is 0.0355. The normalized spacial score (nSPS) is 14.7. The van der Waals surface area contributed by atoms with Gasteiger partial charge in [-0.05, 0) is 30.2 Å². The van der Waals surface area contributed by atoms with Gasteiger partial charge in [-0.25, -0.2) is 4.79 Å². The Morgan fingerprint density at radius 1 is 0.794 bits per heavy atom. The summed E-state index contributed by atoms with van der Waals surface area (Å²) in [5.41, 5.74) is 6.62. The van der Waals surface area contributed by atoms with Crippen LogP contribution in [0.4, 0.5) is 0 Å². The second-order valence-electron chi connectivity index (χ2n) is 9.26. The molecule has 0 bridgehead atoms. The zero-order chi connectivity index (χ0) is 25.8. The number of aliphatic hydroxyl groups excluding tert-OH is 1. The first-order chi connectivity index (χ1) is 15.9. The molecule has 0 aliphatic rings. The molecule has 10 heteroatoms. The second kappa shape index (κ2) is 14.3. The number of nitrogens with one attached hydrogen (secondary N) is 3. The van der Waals surface area contributed by atoms with Crippen LogP contribution in [0.2, 0.25) is 0 Å². The lowest BCUT2D eigenvalue weighted by Crippen LogP contribution is -2.58. The van der Waals surface area contributed by atoms with E-state index in [2.05, 4.69) is 16.0 Å². The molecule has 3 amide bonds. The van der Waals surface area contributed by atoms with Crippen LogP contribution in [0.5, 0.6) is 0 Å². The van der Waals surface area contributed by atoms with Crippen molar-refractivity contribution in [2.45, 2.75) is 71.1 Å². The summed E-state index contributed by atoms with van der Waals surface area (Å²) in [5, 5.41) is 26.6. The third kappa shape index (κ3) is 10.3. The number of amides is 3. The molecule has 7 N–H and O–H groups in total. The predicted octanol–water partition coefficient (Wildman–Crippen LogP) is 0.180. The van der Waals surface area contributed by atoms with E-state index in [9.17, 15) is 29.4 Å². The van der Waals surface area contributed by atoms with E-state index >= 15 is 0 Å². The number of aliphatic hydroxyl groups is 1. The van der Waals surface area contributed by atoms with Crippen molar-refractivity contribution in [3.63, 3.8) is 0 Å². The average molecular weight is 479 g/mol. The van der Waals surface area contributed by atoms with Gasteiger partial charge >= 0.3 is 5.97 Å². The van der Waals surface area contributed by atoms with Crippen molar-refractivity contribution in [1.82, 2.24) is 16.0 Å². The van der Waals surface area contributed by atoms with Gasteiger partial charge in [0.25, 0.3) is 0 Å². The second-order valence-corrected chi connectivity index (χ2v) is 9.26. The van der Waals surface area contributed by atoms with Crippen molar-refractivity contribution in [1.29, 1.82) is 0 Å². The van der Waals surface area contributed by atoms with Crippen molar-refractivity contribution in [3.8, 4) is 0 Å². The van der Waals surface area contributed by atoms with Crippen LogP contribution < -0.4 is 21.7 Å². The highest BCUT2D eigenvalue weighted by molar-refractivity contribution is 5.94. The summed E-state index contributed by atoms with van der Waals surface area (Å²) in [7, 11) is 0. The maximum Gasteiger partial charge on any atom is 0.326 e. The quantitative estimate of drug-likeness (QED) is 0.221. The molecule has 0 saturated heterocycles. The third-order valence-electron chi connectivity index (χ3n) is 5.11. The van der Waals surface area contributed by atoms with Crippen LogP contribution in [0.3, 0.4) is 0 Å². The Hall–Kier alpha value is -2.98. The molecule has 0 saturated carbocycles. The van der Waals surface area contributed by atoms with Gasteiger partial charge in [0.2, 0.25) is 17.7 Å². The molecule has 0 spiro atoms. The molecule has 4 unspecified atom stereocenters. The molecule has 4 atom stereocenters. The van der Waals surface area contributed by atoms with Crippen LogP contribution >= 0.6 is 0 Å². The highest BCUT2D eigenvalue weighted by Gasteiger charge is 2.30. The van der Waals surface area contributed by atoms with Crippen LogP contribution in [0, 0.1) is 11.8 Å². The fourth-order valence-electron chi connectivity index (χ4n) is 3.39. The number of carbonyl (C=O) groups excluding carboxylic acids is 3. The van der Waals surface area contributed by atoms with E-state index in [0.29, 0.717) is 12.0 Å². The number of aliphatic carboxylic acids is 1. The minimum Gasteiger partial charge on any atom is -0.480 e. The zero-order valence-corrected chi connectivity index (χ0v) is 20.3. The number of carboxylic acids is 1. The summed E-state index contributed by atoms with van der Waals surface area (Å²) in [6.07, 6.45) is 0.771. The highest BCUT2D eigenvalue weighted by atomic mass is 16.4. The summed E-state index contributed by atoms with van der Waals surface area (Å²) in [6, 6.07) is 4.37. The van der Waals surface area contributed by atoms with Crippen LogP contribution in [0.15, 0.2) is 30.3 Å². The summed E-state index contributed by atoms with van der Waals surface area (Å²) in [4.78, 5) is 49.6. The van der Waals surface area contributed by atoms with E-state index in [1.807, 2.05) is 27.7 Å². The largest absolute Gasteiger partial charge is 0.480 e. The molecule has 1 aromatic carbocycles.